The summed E-state index contributed by atoms with van der Waals surface area (Å²) in [6, 6.07) is 0. The van der Waals surface area contributed by atoms with Gasteiger partial charge in [0, 0.05) is 24.4 Å². The molecule has 1 aromatic rings. The molecular weight excluding hydrogens is 333 g/mol. The largest absolute Gasteiger partial charge is 0.364 e. The maximum atomic E-state index is 11.9. The summed E-state index contributed by atoms with van der Waals surface area (Å²) < 4.78 is 5.55. The molecule has 21 heavy (non-hydrogen) atoms. The van der Waals surface area contributed by atoms with Gasteiger partial charge in [-0.15, -0.1) is 36.2 Å². The van der Waals surface area contributed by atoms with Crippen LogP contribution in [0.2, 0.25) is 0 Å². The number of nitrogens with two attached hydrogens (primary N) is 1. The summed E-state index contributed by atoms with van der Waals surface area (Å²) in [5.74, 6) is -0.0269. The van der Waals surface area contributed by atoms with Crippen LogP contribution in [0, 0.1) is 13.8 Å². The maximum absolute atomic E-state index is 11.9. The summed E-state index contributed by atoms with van der Waals surface area (Å²) in [6.07, 6.45) is 2.13. The molecule has 0 saturated carbocycles. The zero-order valence-corrected chi connectivity index (χ0v) is 14.7. The fourth-order valence-corrected chi connectivity index (χ4v) is 3.06. The molecule has 0 aromatic carbocycles. The Balaban J connectivity index is 0.00000200. The van der Waals surface area contributed by atoms with Crippen LogP contribution in [-0.2, 0) is 16.0 Å². The van der Waals surface area contributed by atoms with Crippen LogP contribution >= 0.6 is 36.2 Å². The molecule has 1 aromatic heterocycles. The highest BCUT2D eigenvalue weighted by atomic mass is 35.5. The van der Waals surface area contributed by atoms with Crippen molar-refractivity contribution in [3.05, 3.63) is 15.6 Å². The Bertz CT molecular complexity index is 437. The van der Waals surface area contributed by atoms with Crippen molar-refractivity contribution < 1.29 is 9.53 Å². The lowest BCUT2D eigenvalue weighted by Gasteiger charge is -2.12. The molecule has 1 aliphatic rings. The van der Waals surface area contributed by atoms with E-state index in [0.29, 0.717) is 13.1 Å². The van der Waals surface area contributed by atoms with Gasteiger partial charge in [0.25, 0.3) is 0 Å². The monoisotopic (exact) mass is 355 g/mol. The van der Waals surface area contributed by atoms with Crippen molar-refractivity contribution in [1.82, 2.24) is 10.3 Å². The first-order chi connectivity index (χ1) is 9.10. The van der Waals surface area contributed by atoms with Crippen LogP contribution in [0.5, 0.6) is 0 Å². The fraction of sp³-hybridized carbons (Fsp3) is 0.692. The van der Waals surface area contributed by atoms with Crippen molar-refractivity contribution in [3.63, 3.8) is 0 Å². The topological polar surface area (TPSA) is 77.2 Å². The van der Waals surface area contributed by atoms with Gasteiger partial charge in [-0.2, -0.15) is 0 Å². The van der Waals surface area contributed by atoms with Crippen LogP contribution in [-0.4, -0.2) is 36.2 Å². The van der Waals surface area contributed by atoms with E-state index in [0.717, 1.165) is 30.0 Å². The van der Waals surface area contributed by atoms with Crippen molar-refractivity contribution in [2.24, 2.45) is 5.73 Å². The summed E-state index contributed by atoms with van der Waals surface area (Å²) in [5.41, 5.74) is 6.61. The SMILES string of the molecule is Cc1nc(CCNC(=O)[C@@H]2CC[C@H](CN)O2)sc1C.Cl.Cl. The number of rotatable bonds is 5. The van der Waals surface area contributed by atoms with Crippen LogP contribution in [0.4, 0.5) is 0 Å². The van der Waals surface area contributed by atoms with E-state index in [1.54, 1.807) is 11.3 Å². The molecule has 2 atom stereocenters. The molecule has 2 rings (SSSR count). The second kappa shape index (κ2) is 9.58. The second-order valence-electron chi connectivity index (χ2n) is 4.85. The Kier molecular flexibility index (Phi) is 9.40. The van der Waals surface area contributed by atoms with Crippen LogP contribution in [0.15, 0.2) is 0 Å². The van der Waals surface area contributed by atoms with Crippen LogP contribution < -0.4 is 11.1 Å². The smallest absolute Gasteiger partial charge is 0.249 e. The van der Waals surface area contributed by atoms with Gasteiger partial charge in [0.2, 0.25) is 5.91 Å². The van der Waals surface area contributed by atoms with Gasteiger partial charge in [0.15, 0.2) is 0 Å². The second-order valence-corrected chi connectivity index (χ2v) is 6.14. The Morgan fingerprint density at radius 3 is 2.67 bits per heavy atom. The number of amides is 1. The van der Waals surface area contributed by atoms with Crippen molar-refractivity contribution >= 4 is 42.1 Å². The predicted octanol–water partition coefficient (Wildman–Crippen LogP) is 1.77. The number of ether oxygens (including phenoxy) is 1. The van der Waals surface area contributed by atoms with E-state index in [1.807, 2.05) is 6.92 Å². The van der Waals surface area contributed by atoms with Crippen LogP contribution in [0.1, 0.15) is 28.4 Å². The number of carbonyl (C=O) groups excluding carboxylic acids is 1. The average Bonchev–Trinajstić information content (AvgIpc) is 2.97. The minimum Gasteiger partial charge on any atom is -0.364 e. The van der Waals surface area contributed by atoms with Crippen molar-refractivity contribution in [3.8, 4) is 0 Å². The van der Waals surface area contributed by atoms with Gasteiger partial charge >= 0.3 is 0 Å². The van der Waals surface area contributed by atoms with E-state index in [-0.39, 0.29) is 42.9 Å². The molecule has 1 fully saturated rings. The Morgan fingerprint density at radius 2 is 2.14 bits per heavy atom. The number of aromatic nitrogens is 1. The molecule has 1 saturated heterocycles. The van der Waals surface area contributed by atoms with Gasteiger partial charge in [-0.1, -0.05) is 0 Å². The molecular formula is C13H23Cl2N3O2S. The third-order valence-electron chi connectivity index (χ3n) is 3.37. The summed E-state index contributed by atoms with van der Waals surface area (Å²) in [6.45, 7) is 5.17. The number of carbonyl (C=O) groups is 1. The van der Waals surface area contributed by atoms with Gasteiger partial charge in [-0.3, -0.25) is 4.79 Å². The highest BCUT2D eigenvalue weighted by molar-refractivity contribution is 7.11. The van der Waals surface area contributed by atoms with E-state index in [9.17, 15) is 4.79 Å². The number of halogens is 2. The molecule has 0 radical (unpaired) electrons. The molecule has 0 spiro atoms. The van der Waals surface area contributed by atoms with Gasteiger partial charge in [-0.05, 0) is 26.7 Å². The first kappa shape index (κ1) is 20.6. The molecule has 0 bridgehead atoms. The molecule has 8 heteroatoms. The fourth-order valence-electron chi connectivity index (χ4n) is 2.12. The molecule has 0 unspecified atom stereocenters. The lowest BCUT2D eigenvalue weighted by atomic mass is 10.2. The van der Waals surface area contributed by atoms with Crippen LogP contribution in [0.25, 0.3) is 0 Å². The standard InChI is InChI=1S/C13H21N3O2S.2ClH/c1-8-9(2)19-12(16-8)5-6-15-13(17)11-4-3-10(7-14)18-11;;/h10-11H,3-7,14H2,1-2H3,(H,15,17);2*1H/t10-,11+;;/m1../s1. The minimum absolute atomic E-state index is 0. The molecule has 1 aliphatic heterocycles. The van der Waals surface area contributed by atoms with E-state index in [1.165, 1.54) is 4.88 Å². The predicted molar refractivity (Wildman–Crippen MR) is 89.7 cm³/mol. The number of hydrogen-bond donors (Lipinski definition) is 2. The maximum Gasteiger partial charge on any atom is 0.249 e. The lowest BCUT2D eigenvalue weighted by molar-refractivity contribution is -0.131. The first-order valence-electron chi connectivity index (χ1n) is 6.66. The molecule has 3 N–H and O–H groups in total. The minimum atomic E-state index is -0.326. The summed E-state index contributed by atoms with van der Waals surface area (Å²) >= 11 is 1.69. The van der Waals surface area contributed by atoms with Gasteiger partial charge in [0.05, 0.1) is 16.8 Å². The van der Waals surface area contributed by atoms with Crippen molar-refractivity contribution in [2.45, 2.75) is 45.3 Å². The average molecular weight is 356 g/mol. The molecule has 5 nitrogen and oxygen atoms in total. The Hall–Kier alpha value is -0.400. The Morgan fingerprint density at radius 1 is 1.43 bits per heavy atom. The summed E-state index contributed by atoms with van der Waals surface area (Å²) in [7, 11) is 0. The zero-order valence-electron chi connectivity index (χ0n) is 12.3. The first-order valence-corrected chi connectivity index (χ1v) is 7.48. The van der Waals surface area contributed by atoms with Crippen molar-refractivity contribution in [1.29, 1.82) is 0 Å². The number of nitrogens with one attached hydrogen (secondary N) is 1. The number of thiazole rings is 1. The number of hydrogen-bond acceptors (Lipinski definition) is 5. The quantitative estimate of drug-likeness (QED) is 0.843. The van der Waals surface area contributed by atoms with Gasteiger partial charge < -0.3 is 15.8 Å². The van der Waals surface area contributed by atoms with E-state index < -0.39 is 0 Å². The van der Waals surface area contributed by atoms with Crippen molar-refractivity contribution in [2.75, 3.05) is 13.1 Å². The van der Waals surface area contributed by atoms with Crippen LogP contribution in [0.3, 0.4) is 0 Å². The normalized spacial score (nSPS) is 20.5. The lowest BCUT2D eigenvalue weighted by Crippen LogP contribution is -2.36. The highest BCUT2D eigenvalue weighted by Crippen LogP contribution is 2.19. The Labute approximate surface area is 141 Å². The molecule has 122 valence electrons. The van der Waals surface area contributed by atoms with Gasteiger partial charge in [0.1, 0.15) is 6.10 Å². The number of nitrogens with zero attached hydrogens (tertiary/aromatic N) is 1. The van der Waals surface area contributed by atoms with E-state index in [2.05, 4.69) is 17.2 Å². The third-order valence-corrected chi connectivity index (χ3v) is 4.51. The van der Waals surface area contributed by atoms with E-state index >= 15 is 0 Å². The molecule has 1 amide bonds. The zero-order chi connectivity index (χ0) is 13.8. The third kappa shape index (κ3) is 5.71. The summed E-state index contributed by atoms with van der Waals surface area (Å²) in [5, 5.41) is 3.98. The highest BCUT2D eigenvalue weighted by Gasteiger charge is 2.29. The molecule has 0 aliphatic carbocycles. The van der Waals surface area contributed by atoms with E-state index in [4.69, 9.17) is 10.5 Å². The molecule has 2 heterocycles. The van der Waals surface area contributed by atoms with Gasteiger partial charge in [-0.25, -0.2) is 4.98 Å². The summed E-state index contributed by atoms with van der Waals surface area (Å²) in [4.78, 5) is 17.6. The number of aryl methyl sites for hydroxylation is 2.